The minimum Gasteiger partial charge on any atom is -0.357 e. The predicted molar refractivity (Wildman–Crippen MR) is 121 cm³/mol. The molecule has 0 aliphatic carbocycles. The molecule has 1 N–H and O–H groups in total. The van der Waals surface area contributed by atoms with Gasteiger partial charge in [-0.3, -0.25) is 4.79 Å². The maximum absolute atomic E-state index is 12.9. The number of amides is 1. The van der Waals surface area contributed by atoms with E-state index in [4.69, 9.17) is 0 Å². The third-order valence-corrected chi connectivity index (χ3v) is 8.19. The Morgan fingerprint density at radius 2 is 1.74 bits per heavy atom. The third kappa shape index (κ3) is 4.91. The highest BCUT2D eigenvalue weighted by Crippen LogP contribution is 2.25. The number of nitrogens with one attached hydrogen (secondary N) is 1. The van der Waals surface area contributed by atoms with Gasteiger partial charge in [0, 0.05) is 44.0 Å². The molecule has 0 radical (unpaired) electrons. The van der Waals surface area contributed by atoms with Gasteiger partial charge in [-0.2, -0.15) is 4.31 Å². The van der Waals surface area contributed by atoms with Gasteiger partial charge in [-0.15, -0.1) is 0 Å². The Kier molecular flexibility index (Phi) is 6.57. The fraction of sp³-hybridized carbons (Fsp3) is 0.478. The van der Waals surface area contributed by atoms with Crippen molar-refractivity contribution in [3.05, 3.63) is 53.7 Å². The zero-order valence-corrected chi connectivity index (χ0v) is 18.8. The van der Waals surface area contributed by atoms with Gasteiger partial charge < -0.3 is 10.2 Å². The van der Waals surface area contributed by atoms with E-state index in [1.54, 1.807) is 22.6 Å². The Morgan fingerprint density at radius 3 is 2.39 bits per heavy atom. The molecule has 1 unspecified atom stereocenters. The van der Waals surface area contributed by atoms with Crippen LogP contribution in [-0.4, -0.2) is 49.3 Å². The molecule has 0 bridgehead atoms. The molecule has 4 rings (SSSR count). The number of rotatable bonds is 6. The lowest BCUT2D eigenvalue weighted by Gasteiger charge is -2.32. The van der Waals surface area contributed by atoms with E-state index in [-0.39, 0.29) is 16.8 Å². The highest BCUT2D eigenvalue weighted by Gasteiger charge is 2.30. The largest absolute Gasteiger partial charge is 0.357 e. The Bertz CT molecular complexity index is 1000. The number of sulfonamides is 1. The quantitative estimate of drug-likeness (QED) is 0.743. The first-order valence-electron chi connectivity index (χ1n) is 11.0. The average Bonchev–Trinajstić information content (AvgIpc) is 3.33. The maximum atomic E-state index is 12.9. The lowest BCUT2D eigenvalue weighted by Crippen LogP contribution is -2.41. The van der Waals surface area contributed by atoms with Crippen LogP contribution in [-0.2, 0) is 16.6 Å². The number of hydrogen-bond acceptors (Lipinski definition) is 5. The molecule has 8 heteroatoms. The van der Waals surface area contributed by atoms with Crippen LogP contribution in [0.3, 0.4) is 0 Å². The van der Waals surface area contributed by atoms with E-state index in [1.165, 1.54) is 25.0 Å². The number of carbonyl (C=O) groups excluding carboxylic acids is 1. The van der Waals surface area contributed by atoms with Crippen LogP contribution in [0.15, 0.2) is 47.5 Å². The first-order chi connectivity index (χ1) is 14.9. The summed E-state index contributed by atoms with van der Waals surface area (Å²) < 4.78 is 27.4. The summed E-state index contributed by atoms with van der Waals surface area (Å²) in [4.78, 5) is 19.5. The van der Waals surface area contributed by atoms with Gasteiger partial charge in [0.05, 0.1) is 4.90 Å². The van der Waals surface area contributed by atoms with Gasteiger partial charge in [0.1, 0.15) is 5.82 Å². The molecule has 3 heterocycles. The van der Waals surface area contributed by atoms with E-state index in [1.807, 2.05) is 19.1 Å². The average molecular weight is 443 g/mol. The zero-order valence-electron chi connectivity index (χ0n) is 18.0. The number of anilines is 1. The smallest absolute Gasteiger partial charge is 0.251 e. The van der Waals surface area contributed by atoms with Crippen molar-refractivity contribution in [2.45, 2.75) is 56.5 Å². The van der Waals surface area contributed by atoms with Crippen LogP contribution in [0.1, 0.15) is 54.9 Å². The van der Waals surface area contributed by atoms with Crippen LogP contribution in [0.5, 0.6) is 0 Å². The van der Waals surface area contributed by atoms with E-state index < -0.39 is 10.0 Å². The summed E-state index contributed by atoms with van der Waals surface area (Å²) in [6, 6.07) is 10.2. The van der Waals surface area contributed by atoms with Gasteiger partial charge in [-0.25, -0.2) is 13.4 Å². The summed E-state index contributed by atoms with van der Waals surface area (Å²) >= 11 is 0. The second-order valence-electron chi connectivity index (χ2n) is 8.39. The van der Waals surface area contributed by atoms with Crippen molar-refractivity contribution < 1.29 is 13.2 Å². The van der Waals surface area contributed by atoms with Crippen molar-refractivity contribution in [3.8, 4) is 0 Å². The molecule has 2 aliphatic rings. The first-order valence-corrected chi connectivity index (χ1v) is 12.5. The number of carbonyl (C=O) groups is 1. The SMILES string of the molecule is CC1CCCCN1S(=O)(=O)c1ccc(C(=O)NCc2ccc(N3CCCC3)nc2)cc1. The van der Waals surface area contributed by atoms with Gasteiger partial charge in [0.15, 0.2) is 0 Å². The van der Waals surface area contributed by atoms with Crippen LogP contribution in [0.2, 0.25) is 0 Å². The Balaban J connectivity index is 1.36. The zero-order chi connectivity index (χ0) is 21.8. The van der Waals surface area contributed by atoms with Crippen LogP contribution < -0.4 is 10.2 Å². The van der Waals surface area contributed by atoms with Crippen LogP contribution in [0, 0.1) is 0 Å². The van der Waals surface area contributed by atoms with Crippen LogP contribution in [0.25, 0.3) is 0 Å². The summed E-state index contributed by atoms with van der Waals surface area (Å²) in [6.07, 6.45) is 7.03. The van der Waals surface area contributed by atoms with Crippen molar-refractivity contribution in [2.24, 2.45) is 0 Å². The highest BCUT2D eigenvalue weighted by atomic mass is 32.2. The van der Waals surface area contributed by atoms with E-state index in [0.29, 0.717) is 18.7 Å². The topological polar surface area (TPSA) is 82.6 Å². The molecular formula is C23H30N4O3S. The lowest BCUT2D eigenvalue weighted by molar-refractivity contribution is 0.0950. The molecule has 2 aromatic rings. The molecular weight excluding hydrogens is 412 g/mol. The molecule has 0 spiro atoms. The Hall–Kier alpha value is -2.45. The molecule has 2 aliphatic heterocycles. The van der Waals surface area contributed by atoms with E-state index in [0.717, 1.165) is 43.7 Å². The Labute approximate surface area is 184 Å². The number of piperidine rings is 1. The minimum atomic E-state index is -3.53. The number of aromatic nitrogens is 1. The summed E-state index contributed by atoms with van der Waals surface area (Å²) in [7, 11) is -3.53. The van der Waals surface area contributed by atoms with Crippen LogP contribution >= 0.6 is 0 Å². The molecule has 2 fully saturated rings. The minimum absolute atomic E-state index is 0.00666. The molecule has 7 nitrogen and oxygen atoms in total. The molecule has 1 aromatic heterocycles. The first kappa shape index (κ1) is 21.8. The Morgan fingerprint density at radius 1 is 1.03 bits per heavy atom. The molecule has 1 atom stereocenters. The van der Waals surface area contributed by atoms with E-state index >= 15 is 0 Å². The maximum Gasteiger partial charge on any atom is 0.251 e. The summed E-state index contributed by atoms with van der Waals surface area (Å²) in [5.74, 6) is 0.742. The fourth-order valence-electron chi connectivity index (χ4n) is 4.28. The molecule has 2 saturated heterocycles. The summed E-state index contributed by atoms with van der Waals surface area (Å²) in [6.45, 7) is 4.97. The lowest BCUT2D eigenvalue weighted by atomic mass is 10.1. The molecule has 31 heavy (non-hydrogen) atoms. The second-order valence-corrected chi connectivity index (χ2v) is 10.3. The second kappa shape index (κ2) is 9.36. The van der Waals surface area contributed by atoms with Crippen molar-refractivity contribution in [3.63, 3.8) is 0 Å². The molecule has 166 valence electrons. The number of nitrogens with zero attached hydrogens (tertiary/aromatic N) is 3. The van der Waals surface area contributed by atoms with Gasteiger partial charge in [-0.05, 0) is 68.5 Å². The normalized spacial score (nSPS) is 20.0. The molecule has 1 amide bonds. The van der Waals surface area contributed by atoms with Crippen LogP contribution in [0.4, 0.5) is 5.82 Å². The molecule has 1 aromatic carbocycles. The van der Waals surface area contributed by atoms with Crippen molar-refractivity contribution in [1.82, 2.24) is 14.6 Å². The fourth-order valence-corrected chi connectivity index (χ4v) is 5.98. The van der Waals surface area contributed by atoms with Crippen molar-refractivity contribution in [1.29, 1.82) is 0 Å². The van der Waals surface area contributed by atoms with Gasteiger partial charge >= 0.3 is 0 Å². The molecule has 0 saturated carbocycles. The van der Waals surface area contributed by atoms with Crippen molar-refractivity contribution in [2.75, 3.05) is 24.5 Å². The number of pyridine rings is 1. The third-order valence-electron chi connectivity index (χ3n) is 6.16. The number of benzene rings is 1. The standard InChI is InChI=1S/C23H30N4O3S/c1-18-6-2-3-15-27(18)31(29,30)21-10-8-20(9-11-21)23(28)25-17-19-7-12-22(24-16-19)26-13-4-5-14-26/h7-12,16,18H,2-6,13-15,17H2,1H3,(H,25,28). The van der Waals surface area contributed by atoms with Crippen molar-refractivity contribution >= 4 is 21.7 Å². The summed E-state index contributed by atoms with van der Waals surface area (Å²) in [5, 5.41) is 2.88. The van der Waals surface area contributed by atoms with Gasteiger partial charge in [0.2, 0.25) is 10.0 Å². The van der Waals surface area contributed by atoms with E-state index in [2.05, 4.69) is 15.2 Å². The van der Waals surface area contributed by atoms with Gasteiger partial charge in [-0.1, -0.05) is 12.5 Å². The number of hydrogen-bond donors (Lipinski definition) is 1. The van der Waals surface area contributed by atoms with E-state index in [9.17, 15) is 13.2 Å². The summed E-state index contributed by atoms with van der Waals surface area (Å²) in [5.41, 5.74) is 1.36. The van der Waals surface area contributed by atoms with Gasteiger partial charge in [0.25, 0.3) is 5.91 Å². The predicted octanol–water partition coefficient (Wildman–Crippen LogP) is 3.17. The monoisotopic (exact) mass is 442 g/mol. The highest BCUT2D eigenvalue weighted by molar-refractivity contribution is 7.89.